The molecule has 0 N–H and O–H groups in total. The molecule has 0 spiro atoms. The zero-order chi connectivity index (χ0) is 24.3. The van der Waals surface area contributed by atoms with Crippen molar-refractivity contribution in [2.24, 2.45) is 34.1 Å². The molecule has 0 amide bonds. The van der Waals surface area contributed by atoms with Crippen molar-refractivity contribution in [1.29, 1.82) is 10.5 Å². The second kappa shape index (κ2) is 7.95. The summed E-state index contributed by atoms with van der Waals surface area (Å²) in [4.78, 5) is 10.7. The first kappa shape index (κ1) is 23.1. The second-order valence-corrected chi connectivity index (χ2v) is 13.7. The molecule has 6 rings (SSSR count). The Morgan fingerprint density at radius 2 is 1.91 bits per heavy atom. The molecule has 1 saturated heterocycles. The first-order valence-electron chi connectivity index (χ1n) is 12.0. The van der Waals surface area contributed by atoms with Gasteiger partial charge in [-0.05, 0) is 55.9 Å². The van der Waals surface area contributed by atoms with Crippen molar-refractivity contribution in [1.82, 2.24) is 9.88 Å². The van der Waals surface area contributed by atoms with Gasteiger partial charge in [-0.15, -0.1) is 0 Å². The van der Waals surface area contributed by atoms with Gasteiger partial charge in [0.05, 0.1) is 23.0 Å². The molecule has 3 unspecified atom stereocenters. The first-order chi connectivity index (χ1) is 16.1. The van der Waals surface area contributed by atoms with Crippen molar-refractivity contribution in [2.75, 3.05) is 19.4 Å². The summed E-state index contributed by atoms with van der Waals surface area (Å²) in [6.45, 7) is 5.08. The van der Waals surface area contributed by atoms with Crippen molar-refractivity contribution < 1.29 is 13.2 Å². The van der Waals surface area contributed by atoms with Gasteiger partial charge in [0.1, 0.15) is 11.9 Å². The lowest BCUT2D eigenvalue weighted by Gasteiger charge is -2.62. The van der Waals surface area contributed by atoms with Crippen LogP contribution in [-0.2, 0) is 9.84 Å². The van der Waals surface area contributed by atoms with Gasteiger partial charge in [0.15, 0.2) is 9.84 Å². The van der Waals surface area contributed by atoms with E-state index >= 15 is 0 Å². The highest BCUT2D eigenvalue weighted by Crippen LogP contribution is 2.61. The van der Waals surface area contributed by atoms with Gasteiger partial charge < -0.3 is 9.64 Å². The van der Waals surface area contributed by atoms with E-state index in [0.717, 1.165) is 32.1 Å². The predicted octanol–water partition coefficient (Wildman–Crippen LogP) is 3.16. The number of likely N-dealkylation sites (tertiary alicyclic amines) is 1. The van der Waals surface area contributed by atoms with E-state index in [2.05, 4.69) is 28.7 Å². The molecular weight excluding hydrogens is 450 g/mol. The fourth-order valence-electron chi connectivity index (χ4n) is 7.58. The number of ether oxygens (including phenoxy) is 1. The summed E-state index contributed by atoms with van der Waals surface area (Å²) in [5, 5.41) is 18.5. The lowest BCUT2D eigenvalue weighted by molar-refractivity contribution is -0.0293. The number of sulfone groups is 1. The normalized spacial score (nSPS) is 36.9. The van der Waals surface area contributed by atoms with Gasteiger partial charge in [-0.1, -0.05) is 13.8 Å². The Morgan fingerprint density at radius 3 is 2.47 bits per heavy atom. The van der Waals surface area contributed by atoms with Gasteiger partial charge in [0.25, 0.3) is 0 Å². The molecule has 5 aliphatic rings. The van der Waals surface area contributed by atoms with Gasteiger partial charge in [-0.2, -0.15) is 15.5 Å². The van der Waals surface area contributed by atoms with Crippen molar-refractivity contribution in [3.05, 3.63) is 23.9 Å². The highest BCUT2D eigenvalue weighted by Gasteiger charge is 2.65. The molecule has 1 aromatic heterocycles. The Morgan fingerprint density at radius 1 is 1.21 bits per heavy atom. The van der Waals surface area contributed by atoms with Crippen LogP contribution in [0.25, 0.3) is 0 Å². The molecule has 4 aliphatic carbocycles. The molecule has 9 heteroatoms. The summed E-state index contributed by atoms with van der Waals surface area (Å²) < 4.78 is 31.9. The third-order valence-electron chi connectivity index (χ3n) is 9.01. The number of hydrogen-bond donors (Lipinski definition) is 0. The van der Waals surface area contributed by atoms with Gasteiger partial charge in [-0.25, -0.2) is 13.4 Å². The van der Waals surface area contributed by atoms with Crippen LogP contribution >= 0.6 is 0 Å². The van der Waals surface area contributed by atoms with Crippen molar-refractivity contribution in [3.63, 3.8) is 0 Å². The largest absolute Gasteiger partial charge is 0.477 e. The molecule has 4 bridgehead atoms. The number of rotatable bonds is 5. The first-order valence-corrected chi connectivity index (χ1v) is 13.9. The molecule has 0 radical (unpaired) electrons. The Hall–Kier alpha value is -2.65. The molecule has 1 aromatic rings. The van der Waals surface area contributed by atoms with E-state index in [9.17, 15) is 13.7 Å². The summed E-state index contributed by atoms with van der Waals surface area (Å²) in [7, 11) is -3.31. The van der Waals surface area contributed by atoms with Crippen LogP contribution < -0.4 is 4.74 Å². The quantitative estimate of drug-likeness (QED) is 0.593. The highest BCUT2D eigenvalue weighted by atomic mass is 32.2. The minimum atomic E-state index is -3.31. The zero-order valence-electron chi connectivity index (χ0n) is 19.9. The Balaban J connectivity index is 1.46. The van der Waals surface area contributed by atoms with Gasteiger partial charge in [0.2, 0.25) is 12.1 Å². The van der Waals surface area contributed by atoms with Crippen molar-refractivity contribution in [2.45, 2.75) is 56.7 Å². The van der Waals surface area contributed by atoms with Crippen molar-refractivity contribution >= 4 is 15.7 Å². The molecule has 34 heavy (non-hydrogen) atoms. The van der Waals surface area contributed by atoms with E-state index in [1.165, 1.54) is 12.5 Å². The third kappa shape index (κ3) is 3.48. The van der Waals surface area contributed by atoms with Crippen LogP contribution in [0.15, 0.2) is 23.3 Å². The molecule has 5 fully saturated rings. The predicted molar refractivity (Wildman–Crippen MR) is 126 cm³/mol. The number of hydrogen-bond acceptors (Lipinski definition) is 7. The average Bonchev–Trinajstić information content (AvgIpc) is 3.01. The highest BCUT2D eigenvalue weighted by molar-refractivity contribution is 7.92. The third-order valence-corrected chi connectivity index (χ3v) is 11.1. The minimum absolute atomic E-state index is 0.00541. The molecule has 2 heterocycles. The fraction of sp³-hybridized carbons (Fsp3) is 0.680. The Labute approximate surface area is 201 Å². The topological polar surface area (TPSA) is 119 Å². The van der Waals surface area contributed by atoms with E-state index in [0.29, 0.717) is 48.2 Å². The number of aliphatic imine (C=N–C) groups is 1. The molecule has 180 valence electrons. The molecule has 4 saturated carbocycles. The molecule has 8 nitrogen and oxygen atoms in total. The van der Waals surface area contributed by atoms with Crippen LogP contribution in [0.1, 0.15) is 51.5 Å². The number of pyridine rings is 1. The smallest absolute Gasteiger partial charge is 0.213 e. The van der Waals surface area contributed by atoms with Crippen LogP contribution in [0, 0.1) is 51.9 Å². The summed E-state index contributed by atoms with van der Waals surface area (Å²) in [5.41, 5.74) is 0.00601. The Kier molecular flexibility index (Phi) is 5.40. The number of nitriles is 2. The summed E-state index contributed by atoms with van der Waals surface area (Å²) in [6, 6.07) is 5.24. The lowest BCUT2D eigenvalue weighted by Crippen LogP contribution is -2.69. The average molecular weight is 482 g/mol. The van der Waals surface area contributed by atoms with Crippen LogP contribution in [0.2, 0.25) is 0 Å². The molecular formula is C25H31N5O3S. The Bertz CT molecular complexity index is 1180. The summed E-state index contributed by atoms with van der Waals surface area (Å²) in [6.07, 6.45) is 9.59. The summed E-state index contributed by atoms with van der Waals surface area (Å²) >= 11 is 0. The number of aromatic nitrogens is 1. The molecule has 4 atom stereocenters. The minimum Gasteiger partial charge on any atom is -0.477 e. The van der Waals surface area contributed by atoms with Gasteiger partial charge >= 0.3 is 0 Å². The van der Waals surface area contributed by atoms with E-state index in [1.807, 2.05) is 12.3 Å². The van der Waals surface area contributed by atoms with Gasteiger partial charge in [-0.3, -0.25) is 0 Å². The van der Waals surface area contributed by atoms with Crippen LogP contribution in [0.3, 0.4) is 0 Å². The van der Waals surface area contributed by atoms with E-state index in [1.54, 1.807) is 12.1 Å². The van der Waals surface area contributed by atoms with E-state index in [-0.39, 0.29) is 12.0 Å². The monoisotopic (exact) mass is 481 g/mol. The maximum atomic E-state index is 13.3. The number of amidine groups is 1. The van der Waals surface area contributed by atoms with Crippen LogP contribution in [-0.4, -0.2) is 54.3 Å². The standard InChI is InChI=1S/C25H31N5O3S/c1-24(2)20(14-33-21-5-4-16(11-26)12-28-21)13-30(23(24)29-15-27)22-19-7-17-6-18(8-19)10-25(22,9-17)34(3,31)32/h4-5,12,17-20,22H,6-10,13-14H2,1-3H3/b29-23-/t17?,18?,19?,20?,22-,25?/m0/s1. The van der Waals surface area contributed by atoms with Crippen molar-refractivity contribution in [3.8, 4) is 18.1 Å². The molecule has 1 aliphatic heterocycles. The van der Waals surface area contributed by atoms with Gasteiger partial charge in [0, 0.05) is 36.4 Å². The summed E-state index contributed by atoms with van der Waals surface area (Å²) in [5.74, 6) is 2.39. The maximum absolute atomic E-state index is 13.3. The maximum Gasteiger partial charge on any atom is 0.213 e. The fourth-order valence-corrected chi connectivity index (χ4v) is 9.42. The van der Waals surface area contributed by atoms with E-state index < -0.39 is 20.0 Å². The lowest BCUT2D eigenvalue weighted by atomic mass is 9.53. The van der Waals surface area contributed by atoms with E-state index in [4.69, 9.17) is 10.00 Å². The second-order valence-electron chi connectivity index (χ2n) is 11.3. The SMILES string of the molecule is CC1(C)/C(=N/C#N)N([C@H]2C3CC4CC(C3)CC2(S(C)(=O)=O)C4)CC1COc1ccc(C#N)cn1. The molecule has 0 aromatic carbocycles. The zero-order valence-corrected chi connectivity index (χ0v) is 20.8. The van der Waals surface area contributed by atoms with Crippen LogP contribution in [0.4, 0.5) is 0 Å². The number of nitrogens with zero attached hydrogens (tertiary/aromatic N) is 5. The van der Waals surface area contributed by atoms with Crippen LogP contribution in [0.5, 0.6) is 5.88 Å².